The fourth-order valence-electron chi connectivity index (χ4n) is 1.50. The topological polar surface area (TPSA) is 64.3 Å². The summed E-state index contributed by atoms with van der Waals surface area (Å²) >= 11 is 0. The molecule has 0 bridgehead atoms. The van der Waals surface area contributed by atoms with Crippen molar-refractivity contribution in [3.05, 3.63) is 28.6 Å². The highest BCUT2D eigenvalue weighted by molar-refractivity contribution is 6.62. The van der Waals surface area contributed by atoms with Crippen molar-refractivity contribution < 1.29 is 18.8 Å². The second-order valence-electron chi connectivity index (χ2n) is 3.21. The van der Waals surface area contributed by atoms with E-state index in [0.29, 0.717) is 11.9 Å². The summed E-state index contributed by atoms with van der Waals surface area (Å²) in [5.74, 6) is -1.37. The Balaban J connectivity index is 2.80. The first-order valence-corrected chi connectivity index (χ1v) is 4.20. The molecule has 2 radical (unpaired) electrons. The molecule has 0 saturated heterocycles. The van der Waals surface area contributed by atoms with Crippen LogP contribution < -0.4 is 0 Å². The molecule has 1 aliphatic carbocycles. The highest BCUT2D eigenvalue weighted by Crippen LogP contribution is 2.30. The Bertz CT molecular complexity index is 522. The number of fused-ring (bicyclic) bond motifs is 1. The minimum atomic E-state index is -0.788. The van der Waals surface area contributed by atoms with Crippen LogP contribution in [0.2, 0.25) is 0 Å². The fourth-order valence-corrected chi connectivity index (χ4v) is 1.50. The molecule has 0 spiro atoms. The zero-order valence-corrected chi connectivity index (χ0v) is 7.87. The number of furan rings is 1. The number of carbonyl (C=O) groups excluding carboxylic acids is 3. The Hall–Kier alpha value is -1.91. The van der Waals surface area contributed by atoms with Crippen LogP contribution >= 0.6 is 0 Å². The van der Waals surface area contributed by atoms with Gasteiger partial charge in [0.2, 0.25) is 11.6 Å². The number of hydrogen-bond donors (Lipinski definition) is 0. The SMILES string of the molecule is [B]C1=C(C)c2occ(C=O)c2C(=O)C1=O. The Kier molecular flexibility index (Phi) is 1.96. The van der Waals surface area contributed by atoms with Crippen molar-refractivity contribution in [3.8, 4) is 0 Å². The molecule has 0 atom stereocenters. The molecule has 0 fully saturated rings. The number of Topliss-reactive ketones (excluding diaryl/α,β-unsaturated/α-hetero) is 2. The maximum absolute atomic E-state index is 11.5. The number of aldehydes is 1. The van der Waals surface area contributed by atoms with Crippen LogP contribution in [0.25, 0.3) is 5.57 Å². The normalized spacial score (nSPS) is 15.5. The zero-order chi connectivity index (χ0) is 11.2. The van der Waals surface area contributed by atoms with Gasteiger partial charge in [0.15, 0.2) is 6.29 Å². The Labute approximate surface area is 86.4 Å². The average molecular weight is 200 g/mol. The molecule has 0 unspecified atom stereocenters. The van der Waals surface area contributed by atoms with Gasteiger partial charge in [-0.3, -0.25) is 14.4 Å². The van der Waals surface area contributed by atoms with Crippen molar-refractivity contribution in [2.45, 2.75) is 6.92 Å². The standard InChI is InChI=1S/C10H5BO4/c1-4-7(11)9(14)8(13)6-5(2-12)3-15-10(4)6/h2-3H,1H3. The van der Waals surface area contributed by atoms with Gasteiger partial charge in [-0.2, -0.15) is 0 Å². The largest absolute Gasteiger partial charge is 0.463 e. The van der Waals surface area contributed by atoms with Gasteiger partial charge in [0, 0.05) is 0 Å². The number of rotatable bonds is 1. The lowest BCUT2D eigenvalue weighted by molar-refractivity contribution is -0.111. The van der Waals surface area contributed by atoms with E-state index in [4.69, 9.17) is 12.3 Å². The zero-order valence-electron chi connectivity index (χ0n) is 7.87. The van der Waals surface area contributed by atoms with E-state index in [1.165, 1.54) is 0 Å². The molecule has 4 nitrogen and oxygen atoms in total. The van der Waals surface area contributed by atoms with Gasteiger partial charge in [-0.1, -0.05) is 0 Å². The minimum absolute atomic E-state index is 0.0155. The molecule has 1 aromatic heterocycles. The quantitative estimate of drug-likeness (QED) is 0.381. The summed E-state index contributed by atoms with van der Waals surface area (Å²) in [7, 11) is 5.44. The summed E-state index contributed by atoms with van der Waals surface area (Å²) in [6.07, 6.45) is 1.62. The van der Waals surface area contributed by atoms with Crippen LogP contribution in [0.1, 0.15) is 33.4 Å². The summed E-state index contributed by atoms with van der Waals surface area (Å²) in [4.78, 5) is 33.5. The summed E-state index contributed by atoms with van der Waals surface area (Å²) in [6, 6.07) is 0. The second kappa shape index (κ2) is 3.05. The fraction of sp³-hybridized carbons (Fsp3) is 0.100. The Morgan fingerprint density at radius 2 is 2.00 bits per heavy atom. The van der Waals surface area contributed by atoms with Crippen molar-refractivity contribution in [3.63, 3.8) is 0 Å². The molecule has 2 rings (SSSR count). The van der Waals surface area contributed by atoms with Gasteiger partial charge in [-0.25, -0.2) is 0 Å². The molecule has 0 amide bonds. The van der Waals surface area contributed by atoms with E-state index in [1.807, 2.05) is 0 Å². The van der Waals surface area contributed by atoms with Gasteiger partial charge in [-0.05, 0) is 18.0 Å². The van der Waals surface area contributed by atoms with E-state index in [1.54, 1.807) is 6.92 Å². The molecule has 5 heteroatoms. The van der Waals surface area contributed by atoms with Crippen molar-refractivity contribution in [2.24, 2.45) is 0 Å². The lowest BCUT2D eigenvalue weighted by atomic mass is 9.78. The predicted octanol–water partition coefficient (Wildman–Crippen LogP) is 0.757. The molecule has 1 aliphatic rings. The van der Waals surface area contributed by atoms with Crippen LogP contribution in [0.3, 0.4) is 0 Å². The van der Waals surface area contributed by atoms with E-state index in [0.717, 1.165) is 6.26 Å². The molecule has 15 heavy (non-hydrogen) atoms. The molecular weight excluding hydrogens is 195 g/mol. The van der Waals surface area contributed by atoms with Crippen molar-refractivity contribution in [1.29, 1.82) is 0 Å². The number of carbonyl (C=O) groups is 3. The van der Waals surface area contributed by atoms with Crippen molar-refractivity contribution in [1.82, 2.24) is 0 Å². The molecule has 72 valence electrons. The first-order valence-electron chi connectivity index (χ1n) is 4.20. The minimum Gasteiger partial charge on any atom is -0.463 e. The van der Waals surface area contributed by atoms with E-state index in [9.17, 15) is 14.4 Å². The third kappa shape index (κ3) is 1.13. The predicted molar refractivity (Wildman–Crippen MR) is 51.8 cm³/mol. The van der Waals surface area contributed by atoms with Crippen molar-refractivity contribution in [2.75, 3.05) is 0 Å². The lowest BCUT2D eigenvalue weighted by Gasteiger charge is -2.12. The highest BCUT2D eigenvalue weighted by Gasteiger charge is 2.33. The van der Waals surface area contributed by atoms with Gasteiger partial charge in [-0.15, -0.1) is 0 Å². The molecule has 0 aromatic carbocycles. The van der Waals surface area contributed by atoms with Crippen LogP contribution in [-0.4, -0.2) is 25.7 Å². The number of hydrogen-bond acceptors (Lipinski definition) is 4. The van der Waals surface area contributed by atoms with Gasteiger partial charge in [0.25, 0.3) is 0 Å². The monoisotopic (exact) mass is 200 g/mol. The van der Waals surface area contributed by atoms with Crippen LogP contribution in [0.5, 0.6) is 0 Å². The van der Waals surface area contributed by atoms with Gasteiger partial charge < -0.3 is 4.42 Å². The smallest absolute Gasteiger partial charge is 0.236 e. The average Bonchev–Trinajstić information content (AvgIpc) is 2.67. The molecule has 1 aromatic rings. The second-order valence-corrected chi connectivity index (χ2v) is 3.21. The van der Waals surface area contributed by atoms with Crippen LogP contribution in [0, 0.1) is 0 Å². The molecule has 0 saturated carbocycles. The van der Waals surface area contributed by atoms with Crippen LogP contribution in [-0.2, 0) is 4.79 Å². The molecule has 0 N–H and O–H groups in total. The van der Waals surface area contributed by atoms with E-state index in [2.05, 4.69) is 0 Å². The molecule has 0 aliphatic heterocycles. The summed E-state index contributed by atoms with van der Waals surface area (Å²) in [5.41, 5.74) is 0.360. The first-order chi connectivity index (χ1) is 7.07. The van der Waals surface area contributed by atoms with E-state index >= 15 is 0 Å². The van der Waals surface area contributed by atoms with Gasteiger partial charge >= 0.3 is 0 Å². The van der Waals surface area contributed by atoms with Gasteiger partial charge in [0.05, 0.1) is 11.1 Å². The summed E-state index contributed by atoms with van der Waals surface area (Å²) in [6.45, 7) is 1.57. The van der Waals surface area contributed by atoms with Gasteiger partial charge in [0.1, 0.15) is 19.9 Å². The first kappa shape index (κ1) is 9.64. The maximum atomic E-state index is 11.5. The lowest BCUT2D eigenvalue weighted by Crippen LogP contribution is -2.23. The summed E-state index contributed by atoms with van der Waals surface area (Å²) in [5, 5.41) is 0. The highest BCUT2D eigenvalue weighted by atomic mass is 16.3. The third-order valence-corrected chi connectivity index (χ3v) is 2.37. The summed E-state index contributed by atoms with van der Waals surface area (Å²) < 4.78 is 5.04. The number of ketones is 2. The van der Waals surface area contributed by atoms with Crippen molar-refractivity contribution >= 4 is 31.3 Å². The Morgan fingerprint density at radius 3 is 2.60 bits per heavy atom. The number of allylic oxidation sites excluding steroid dienone is 2. The van der Waals surface area contributed by atoms with E-state index in [-0.39, 0.29) is 22.4 Å². The van der Waals surface area contributed by atoms with Crippen LogP contribution in [0.15, 0.2) is 16.2 Å². The van der Waals surface area contributed by atoms with Crippen LogP contribution in [0.4, 0.5) is 0 Å². The van der Waals surface area contributed by atoms with E-state index < -0.39 is 11.6 Å². The molecule has 1 heterocycles. The maximum Gasteiger partial charge on any atom is 0.236 e. The molecular formula is C10H5BO4. The Morgan fingerprint density at radius 1 is 1.33 bits per heavy atom. The third-order valence-electron chi connectivity index (χ3n) is 2.37.